The van der Waals surface area contributed by atoms with E-state index in [1.807, 2.05) is 42.5 Å². The van der Waals surface area contributed by atoms with Gasteiger partial charge in [0, 0.05) is 0 Å². The molecule has 1 N–H and O–H groups in total. The normalized spacial score (nSPS) is 17.8. The van der Waals surface area contributed by atoms with Gasteiger partial charge in [0.1, 0.15) is 5.75 Å². The van der Waals surface area contributed by atoms with Gasteiger partial charge in [0.15, 0.2) is 0 Å². The van der Waals surface area contributed by atoms with Crippen molar-refractivity contribution in [1.82, 2.24) is 0 Å². The quantitative estimate of drug-likeness (QED) is 0.268. The number of ether oxygens (including phenoxy) is 3. The first-order valence-electron chi connectivity index (χ1n) is 9.21. The zero-order valence-corrected chi connectivity index (χ0v) is 28.5. The second-order valence-electron chi connectivity index (χ2n) is 6.70. The monoisotopic (exact) mass is 552 g/mol. The zero-order valence-electron chi connectivity index (χ0n) is 17.6. The number of benzene rings is 2. The van der Waals surface area contributed by atoms with Crippen molar-refractivity contribution in [2.75, 3.05) is 20.3 Å². The van der Waals surface area contributed by atoms with Gasteiger partial charge >= 0.3 is 116 Å². The van der Waals surface area contributed by atoms with Crippen LogP contribution in [0.4, 0.5) is 0 Å². The van der Waals surface area contributed by atoms with Crippen LogP contribution in [0.3, 0.4) is 0 Å². The molecule has 0 heterocycles. The number of rotatable bonds is 10. The van der Waals surface area contributed by atoms with Crippen molar-refractivity contribution in [2.45, 2.75) is 25.2 Å². The molecule has 0 aromatic heterocycles. The third-order valence-electron chi connectivity index (χ3n) is 4.87. The topological polar surface area (TPSA) is 47.9 Å². The first kappa shape index (κ1) is 28.7. The van der Waals surface area contributed by atoms with Crippen LogP contribution in [0, 0.1) is 5.92 Å². The van der Waals surface area contributed by atoms with E-state index in [9.17, 15) is 4.80 Å². The third kappa shape index (κ3) is 9.60. The summed E-state index contributed by atoms with van der Waals surface area (Å²) in [5.74, 6) is 1.08. The van der Waals surface area contributed by atoms with Gasteiger partial charge in [0.05, 0.1) is 33.5 Å². The molecule has 0 unspecified atom stereocenters. The average molecular weight is 553 g/mol. The molecule has 0 amide bonds. The van der Waals surface area contributed by atoms with Crippen LogP contribution in [0.5, 0.6) is 5.75 Å². The van der Waals surface area contributed by atoms with E-state index in [0.717, 1.165) is 17.7 Å². The number of allylic oxidation sites excluding steroid dienone is 1. The van der Waals surface area contributed by atoms with Gasteiger partial charge in [-0.15, -0.1) is 0 Å². The molecular weight excluding hydrogens is 527 g/mol. The number of hydrogen-bond donors (Lipinski definition) is 1. The van der Waals surface area contributed by atoms with Gasteiger partial charge in [-0.25, -0.2) is 0 Å². The van der Waals surface area contributed by atoms with Gasteiger partial charge in [-0.1, -0.05) is 55.0 Å². The second kappa shape index (κ2) is 16.3. The molecule has 1 aliphatic carbocycles. The standard InChI is InChI=1S/C22H26O4Si.2Rb/c1-24-20-10-7-18(8-11-20)14-25-15-19-9-12-22(27-23)21(19)16-26-13-17-5-3-2-4-6-17;;/h2-11,21-23H,12-16H2,1H3;;/q-1;2*+1/t21-,22-;;/m0../s1. The van der Waals surface area contributed by atoms with Crippen LogP contribution in [0.1, 0.15) is 17.5 Å². The maximum absolute atomic E-state index is 9.71. The number of hydrogen-bond acceptors (Lipinski definition) is 4. The largest absolute Gasteiger partial charge is 1.00 e. The molecule has 143 valence electrons. The zero-order chi connectivity index (χ0) is 18.9. The summed E-state index contributed by atoms with van der Waals surface area (Å²) < 4.78 is 17.0. The fourth-order valence-corrected chi connectivity index (χ4v) is 3.98. The van der Waals surface area contributed by atoms with E-state index in [0.29, 0.717) is 26.4 Å². The first-order chi connectivity index (χ1) is 13.3. The summed E-state index contributed by atoms with van der Waals surface area (Å²) in [6.45, 7) is 2.35. The van der Waals surface area contributed by atoms with E-state index >= 15 is 0 Å². The van der Waals surface area contributed by atoms with E-state index in [1.54, 1.807) is 7.11 Å². The van der Waals surface area contributed by atoms with Crippen LogP contribution >= 0.6 is 0 Å². The minimum atomic E-state index is -0.0697. The van der Waals surface area contributed by atoms with Crippen molar-refractivity contribution in [3.05, 3.63) is 77.4 Å². The molecular formula is C22H26O4Rb2Si+. The van der Waals surface area contributed by atoms with Crippen molar-refractivity contribution < 1.29 is 135 Å². The van der Waals surface area contributed by atoms with E-state index < -0.39 is 0 Å². The van der Waals surface area contributed by atoms with Crippen molar-refractivity contribution in [2.24, 2.45) is 5.92 Å². The second-order valence-corrected chi connectivity index (χ2v) is 7.70. The van der Waals surface area contributed by atoms with Gasteiger partial charge < -0.3 is 19.0 Å². The van der Waals surface area contributed by atoms with E-state index in [-0.39, 0.29) is 138 Å². The summed E-state index contributed by atoms with van der Waals surface area (Å²) in [5, 5.41) is 0. The summed E-state index contributed by atoms with van der Waals surface area (Å²) in [5.41, 5.74) is 3.77. The van der Waals surface area contributed by atoms with E-state index in [1.165, 1.54) is 11.1 Å². The Kier molecular flexibility index (Phi) is 16.2. The van der Waals surface area contributed by atoms with Crippen LogP contribution in [-0.4, -0.2) is 34.9 Å². The van der Waals surface area contributed by atoms with Crippen molar-refractivity contribution in [1.29, 1.82) is 0 Å². The van der Waals surface area contributed by atoms with Crippen LogP contribution in [0.25, 0.3) is 0 Å². The third-order valence-corrected chi connectivity index (χ3v) is 5.84. The minimum absolute atomic E-state index is 0. The van der Waals surface area contributed by atoms with Crippen LogP contribution in [0.2, 0.25) is 5.54 Å². The Labute approximate surface area is 274 Å². The Morgan fingerprint density at radius 2 is 1.55 bits per heavy atom. The minimum Gasteiger partial charge on any atom is -0.634 e. The van der Waals surface area contributed by atoms with Gasteiger partial charge in [0.2, 0.25) is 0 Å². The molecule has 2 atom stereocenters. The van der Waals surface area contributed by atoms with Crippen molar-refractivity contribution in [3.8, 4) is 5.75 Å². The first-order valence-corrected chi connectivity index (χ1v) is 10.2. The molecule has 4 nitrogen and oxygen atoms in total. The fourth-order valence-electron chi connectivity index (χ4n) is 3.27. The molecule has 0 spiro atoms. The van der Waals surface area contributed by atoms with E-state index in [2.05, 4.69) is 18.2 Å². The predicted octanol–water partition coefficient (Wildman–Crippen LogP) is -2.22. The van der Waals surface area contributed by atoms with Gasteiger partial charge in [-0.3, -0.25) is 9.76 Å². The fraction of sp³-hybridized carbons (Fsp3) is 0.364. The Balaban J connectivity index is 0.00000210. The maximum Gasteiger partial charge on any atom is 1.00 e. The molecule has 3 rings (SSSR count). The Morgan fingerprint density at radius 3 is 2.21 bits per heavy atom. The van der Waals surface area contributed by atoms with Crippen LogP contribution in [-0.2, 0) is 22.7 Å². The SMILES string of the molecule is COc1ccc(COCC2=CC[C@H]([Si-]O)[C@H]2COCc2ccccc2)cc1.[Rb+].[Rb+]. The van der Waals surface area contributed by atoms with Gasteiger partial charge in [0.25, 0.3) is 0 Å². The Hall–Kier alpha value is 1.69. The summed E-state index contributed by atoms with van der Waals surface area (Å²) in [6.07, 6.45) is 3.11. The predicted molar refractivity (Wildman–Crippen MR) is 107 cm³/mol. The van der Waals surface area contributed by atoms with Crippen molar-refractivity contribution in [3.63, 3.8) is 0 Å². The molecule has 0 aliphatic heterocycles. The average Bonchev–Trinajstić information content (AvgIpc) is 3.11. The van der Waals surface area contributed by atoms with Crippen LogP contribution < -0.4 is 121 Å². The van der Waals surface area contributed by atoms with Crippen LogP contribution in [0.15, 0.2) is 66.2 Å². The summed E-state index contributed by atoms with van der Waals surface area (Å²) in [4.78, 5) is 9.71. The molecule has 7 heteroatoms. The Morgan fingerprint density at radius 1 is 0.897 bits per heavy atom. The molecule has 1 radical (unpaired) electrons. The summed E-state index contributed by atoms with van der Waals surface area (Å²) in [7, 11) is 1.59. The molecule has 2 aromatic carbocycles. The molecule has 0 saturated carbocycles. The van der Waals surface area contributed by atoms with Gasteiger partial charge in [-0.05, 0) is 34.8 Å². The molecule has 0 fully saturated rings. The molecule has 1 aliphatic rings. The van der Waals surface area contributed by atoms with Gasteiger partial charge in [-0.2, -0.15) is 5.54 Å². The molecule has 2 aromatic rings. The smallest absolute Gasteiger partial charge is 0.634 e. The summed E-state index contributed by atoms with van der Waals surface area (Å²) in [6, 6.07) is 18.1. The maximum atomic E-state index is 9.71. The molecule has 0 bridgehead atoms. The molecule has 0 saturated heterocycles. The van der Waals surface area contributed by atoms with E-state index in [4.69, 9.17) is 14.2 Å². The summed E-state index contributed by atoms with van der Waals surface area (Å²) >= 11 is 0. The number of methoxy groups -OCH3 is 1. The molecule has 29 heavy (non-hydrogen) atoms. The van der Waals surface area contributed by atoms with Crippen molar-refractivity contribution >= 4 is 9.76 Å². The Bertz CT molecular complexity index is 725.